The molecule has 14 heteroatoms. The van der Waals surface area contributed by atoms with E-state index in [9.17, 15) is 34.7 Å². The van der Waals surface area contributed by atoms with Crippen LogP contribution in [0.5, 0.6) is 0 Å². The Morgan fingerprint density at radius 3 is 2.45 bits per heavy atom. The van der Waals surface area contributed by atoms with Crippen LogP contribution in [0.15, 0.2) is 72.8 Å². The van der Waals surface area contributed by atoms with Crippen LogP contribution >= 0.6 is 0 Å². The van der Waals surface area contributed by atoms with Gasteiger partial charge in [-0.1, -0.05) is 49.4 Å². The molecule has 3 amide bonds. The van der Waals surface area contributed by atoms with E-state index in [-0.39, 0.29) is 49.8 Å². The maximum Gasteiger partial charge on any atom is 0.269 e. The Morgan fingerprint density at radius 1 is 1.12 bits per heavy atom. The van der Waals surface area contributed by atoms with Crippen molar-refractivity contribution in [2.75, 3.05) is 23.4 Å². The van der Waals surface area contributed by atoms with Crippen molar-refractivity contribution in [2.24, 2.45) is 5.92 Å². The van der Waals surface area contributed by atoms with Gasteiger partial charge >= 0.3 is 0 Å². The predicted octanol–water partition coefficient (Wildman–Crippen LogP) is 4.65. The SMILES string of the molecule is C[C@H](O)C(=O)Nc1cccc(CN2C(=O)[C@@]3(O[C@@H](CC(=O)N(CCO)Cc4ccccc4)[C@H]([Si](C)(C)F)[C@H]3C)c3cc([N+](=O)[O-])ccc32)c1. The van der Waals surface area contributed by atoms with Gasteiger partial charge in [-0.3, -0.25) is 24.5 Å². The third kappa shape index (κ3) is 7.13. The number of nitro benzene ring substituents is 1. The highest BCUT2D eigenvalue weighted by atomic mass is 28.4. The smallest absolute Gasteiger partial charge is 0.269 e. The Kier molecular flexibility index (Phi) is 10.3. The lowest BCUT2D eigenvalue weighted by Gasteiger charge is -2.31. The van der Waals surface area contributed by atoms with Crippen LogP contribution in [0.1, 0.15) is 37.0 Å². The average Bonchev–Trinajstić information content (AvgIpc) is 3.47. The Hall–Kier alpha value is -4.50. The Balaban J connectivity index is 1.52. The van der Waals surface area contributed by atoms with Gasteiger partial charge < -0.3 is 34.2 Å². The number of non-ortho nitro benzene ring substituents is 1. The van der Waals surface area contributed by atoms with Gasteiger partial charge in [-0.25, -0.2) is 0 Å². The number of fused-ring (bicyclic) bond motifs is 2. The van der Waals surface area contributed by atoms with Gasteiger partial charge in [0.25, 0.3) is 17.5 Å². The van der Waals surface area contributed by atoms with Crippen LogP contribution in [0.25, 0.3) is 0 Å². The minimum absolute atomic E-state index is 0.00801. The molecular weight excluding hydrogens is 651 g/mol. The fourth-order valence-corrected chi connectivity index (χ4v) is 9.69. The number of anilines is 2. The molecule has 5 rings (SSSR count). The van der Waals surface area contributed by atoms with Crippen molar-refractivity contribution in [2.45, 2.75) is 69.8 Å². The van der Waals surface area contributed by atoms with E-state index in [1.807, 2.05) is 30.3 Å². The molecule has 2 aliphatic rings. The number of nitrogens with zero attached hydrogens (tertiary/aromatic N) is 3. The largest absolute Gasteiger partial charge is 0.395 e. The number of carbonyl (C=O) groups excluding carboxylic acids is 3. The first-order valence-electron chi connectivity index (χ1n) is 16.2. The van der Waals surface area contributed by atoms with Gasteiger partial charge in [0.05, 0.1) is 36.3 Å². The van der Waals surface area contributed by atoms with Crippen molar-refractivity contribution in [1.29, 1.82) is 0 Å². The summed E-state index contributed by atoms with van der Waals surface area (Å²) in [5, 5.41) is 33.9. The van der Waals surface area contributed by atoms with Gasteiger partial charge in [-0.15, -0.1) is 0 Å². The molecule has 3 aromatic rings. The average molecular weight is 693 g/mol. The molecule has 1 fully saturated rings. The highest BCUT2D eigenvalue weighted by molar-refractivity contribution is 6.72. The standard InChI is InChI=1S/C35H41FN4O8Si/c1-22-32(49(3,4)36)30(19-31(43)38(15-16-41)20-24-9-6-5-7-10-24)48-35(22)28-18-27(40(46)47)13-14-29(28)39(34(35)45)21-25-11-8-12-26(17-25)37-33(44)23(2)42/h5-14,17-18,22-23,30,32,41-42H,15-16,19-21H2,1-4H3,(H,37,44)/t22-,23+,30+,32-,35+/m1/s1. The summed E-state index contributed by atoms with van der Waals surface area (Å²) in [4.78, 5) is 54.9. The first-order chi connectivity index (χ1) is 23.2. The van der Waals surface area contributed by atoms with Crippen molar-refractivity contribution in [1.82, 2.24) is 4.90 Å². The number of carbonyl (C=O) groups is 3. The number of hydrogen-bond acceptors (Lipinski definition) is 8. The second kappa shape index (κ2) is 14.2. The van der Waals surface area contributed by atoms with Crippen molar-refractivity contribution >= 4 is 43.2 Å². The van der Waals surface area contributed by atoms with Gasteiger partial charge in [0.2, 0.25) is 14.3 Å². The quantitative estimate of drug-likeness (QED) is 0.107. The van der Waals surface area contributed by atoms with E-state index < -0.39 is 54.4 Å². The summed E-state index contributed by atoms with van der Waals surface area (Å²) in [6.45, 7) is 6.01. The van der Waals surface area contributed by atoms with Crippen molar-refractivity contribution < 1.29 is 38.4 Å². The first kappa shape index (κ1) is 35.8. The number of hydrogen-bond donors (Lipinski definition) is 3. The molecule has 12 nitrogen and oxygen atoms in total. The molecule has 260 valence electrons. The molecule has 3 aromatic carbocycles. The van der Waals surface area contributed by atoms with Crippen LogP contribution in [0.4, 0.5) is 21.2 Å². The van der Waals surface area contributed by atoms with Gasteiger partial charge in [-0.05, 0) is 49.3 Å². The molecule has 49 heavy (non-hydrogen) atoms. The van der Waals surface area contributed by atoms with Crippen molar-refractivity contribution in [3.8, 4) is 0 Å². The first-order valence-corrected chi connectivity index (χ1v) is 19.1. The molecular formula is C35H41FN4O8Si. The van der Waals surface area contributed by atoms with Gasteiger partial charge in [0.15, 0.2) is 5.60 Å². The van der Waals surface area contributed by atoms with Crippen LogP contribution < -0.4 is 10.2 Å². The summed E-state index contributed by atoms with van der Waals surface area (Å²) in [5.41, 5.74) is -0.486. The normalized spacial score (nSPS) is 22.2. The second-order valence-electron chi connectivity index (χ2n) is 13.2. The fraction of sp³-hybridized carbons (Fsp3) is 0.400. The zero-order chi connectivity index (χ0) is 35.7. The summed E-state index contributed by atoms with van der Waals surface area (Å²) in [5.74, 6) is -2.32. The van der Waals surface area contributed by atoms with E-state index >= 15 is 4.11 Å². The van der Waals surface area contributed by atoms with E-state index in [4.69, 9.17) is 4.74 Å². The number of nitro groups is 1. The molecule has 0 saturated carbocycles. The monoisotopic (exact) mass is 692 g/mol. The highest BCUT2D eigenvalue weighted by Gasteiger charge is 2.67. The number of aliphatic hydroxyl groups excluding tert-OH is 2. The van der Waals surface area contributed by atoms with Crippen LogP contribution in [0, 0.1) is 16.0 Å². The zero-order valence-corrected chi connectivity index (χ0v) is 28.8. The minimum Gasteiger partial charge on any atom is -0.395 e. The summed E-state index contributed by atoms with van der Waals surface area (Å²) in [7, 11) is -3.66. The number of amides is 3. The van der Waals surface area contributed by atoms with Gasteiger partial charge in [0.1, 0.15) is 6.10 Å². The lowest BCUT2D eigenvalue weighted by Crippen LogP contribution is -2.45. The van der Waals surface area contributed by atoms with Crippen molar-refractivity contribution in [3.05, 3.63) is 99.6 Å². The Labute approximate surface area is 284 Å². The van der Waals surface area contributed by atoms with Crippen molar-refractivity contribution in [3.63, 3.8) is 0 Å². The minimum atomic E-state index is -3.66. The number of aliphatic hydroxyl groups is 2. The molecule has 2 aliphatic heterocycles. The summed E-state index contributed by atoms with van der Waals surface area (Å²) >= 11 is 0. The Morgan fingerprint density at radius 2 is 1.82 bits per heavy atom. The van der Waals surface area contributed by atoms with E-state index in [1.54, 1.807) is 31.2 Å². The van der Waals surface area contributed by atoms with Gasteiger partial charge in [-0.2, -0.15) is 0 Å². The fourth-order valence-electron chi connectivity index (χ4n) is 7.20. The van der Waals surface area contributed by atoms with Crippen LogP contribution in [0.2, 0.25) is 18.6 Å². The number of rotatable bonds is 12. The van der Waals surface area contributed by atoms with Crippen LogP contribution in [-0.2, 0) is 37.8 Å². The molecule has 1 saturated heterocycles. The zero-order valence-electron chi connectivity index (χ0n) is 27.8. The third-order valence-electron chi connectivity index (χ3n) is 9.38. The molecule has 2 heterocycles. The summed E-state index contributed by atoms with van der Waals surface area (Å²) < 4.78 is 23.0. The van der Waals surface area contributed by atoms with E-state index in [0.717, 1.165) is 5.56 Å². The molecule has 0 aromatic heterocycles. The molecule has 3 N–H and O–H groups in total. The van der Waals surface area contributed by atoms with E-state index in [0.29, 0.717) is 16.9 Å². The van der Waals surface area contributed by atoms with Crippen LogP contribution in [0.3, 0.4) is 0 Å². The number of benzene rings is 3. The molecule has 5 atom stereocenters. The Bertz CT molecular complexity index is 1740. The predicted molar refractivity (Wildman–Crippen MR) is 183 cm³/mol. The summed E-state index contributed by atoms with van der Waals surface area (Å²) in [6, 6.07) is 20.0. The molecule has 0 radical (unpaired) electrons. The second-order valence-corrected chi connectivity index (χ2v) is 17.0. The molecule has 0 aliphatic carbocycles. The molecule has 0 bridgehead atoms. The van der Waals surface area contributed by atoms with Crippen LogP contribution in [-0.4, -0.2) is 71.5 Å². The number of nitrogens with one attached hydrogen (secondary N) is 1. The number of ether oxygens (including phenoxy) is 1. The van der Waals surface area contributed by atoms with E-state index in [1.165, 1.54) is 48.0 Å². The lowest BCUT2D eigenvalue weighted by molar-refractivity contribution is -0.385. The summed E-state index contributed by atoms with van der Waals surface area (Å²) in [6.07, 6.45) is -2.52. The van der Waals surface area contributed by atoms with Gasteiger partial charge in [0, 0.05) is 47.9 Å². The lowest BCUT2D eigenvalue weighted by atomic mass is 9.82. The molecule has 0 unspecified atom stereocenters. The topological polar surface area (TPSA) is 163 Å². The molecule has 1 spiro atoms. The maximum atomic E-state index is 16.3. The third-order valence-corrected chi connectivity index (χ3v) is 11.8. The van der Waals surface area contributed by atoms with E-state index in [2.05, 4.69) is 5.32 Å². The maximum absolute atomic E-state index is 16.3. The number of halogens is 1. The highest BCUT2D eigenvalue weighted by Crippen LogP contribution is 2.60.